The van der Waals surface area contributed by atoms with Gasteiger partial charge in [-0.2, -0.15) is 0 Å². The van der Waals surface area contributed by atoms with Gasteiger partial charge in [-0.25, -0.2) is 0 Å². The first-order valence-corrected chi connectivity index (χ1v) is 6.63. The second kappa shape index (κ2) is 5.35. The molecule has 0 aliphatic heterocycles. The van der Waals surface area contributed by atoms with Crippen LogP contribution in [0.25, 0.3) is 0 Å². The molecule has 2 aliphatic carbocycles. The van der Waals surface area contributed by atoms with E-state index in [0.717, 1.165) is 24.7 Å². The highest BCUT2D eigenvalue weighted by Gasteiger charge is 2.33. The summed E-state index contributed by atoms with van der Waals surface area (Å²) in [5.74, 6) is 1.83. The van der Waals surface area contributed by atoms with Crippen LogP contribution in [0.2, 0.25) is 5.82 Å². The molecule has 0 amide bonds. The van der Waals surface area contributed by atoms with E-state index < -0.39 is 7.12 Å². The zero-order valence-corrected chi connectivity index (χ0v) is 9.57. The Morgan fingerprint density at radius 2 is 1.40 bits per heavy atom. The van der Waals surface area contributed by atoms with Crippen molar-refractivity contribution in [2.75, 3.05) is 0 Å². The van der Waals surface area contributed by atoms with Crippen molar-refractivity contribution in [1.29, 1.82) is 0 Å². The average molecular weight is 210 g/mol. The Balaban J connectivity index is 1.85. The molecule has 0 aromatic carbocycles. The van der Waals surface area contributed by atoms with E-state index in [1.54, 1.807) is 0 Å². The minimum Gasteiger partial charge on any atom is -0.427 e. The fourth-order valence-electron chi connectivity index (χ4n) is 3.57. The SMILES string of the molecule is OB(O)C1CCCC(C2CCCCC2)C1. The maximum absolute atomic E-state index is 9.25. The maximum atomic E-state index is 9.25. The molecule has 2 fully saturated rings. The van der Waals surface area contributed by atoms with Gasteiger partial charge in [-0.3, -0.25) is 0 Å². The number of hydrogen-bond donors (Lipinski definition) is 2. The summed E-state index contributed by atoms with van der Waals surface area (Å²) in [6, 6.07) is 0. The van der Waals surface area contributed by atoms with Gasteiger partial charge >= 0.3 is 7.12 Å². The van der Waals surface area contributed by atoms with Crippen LogP contribution in [0.1, 0.15) is 57.8 Å². The van der Waals surface area contributed by atoms with Crippen LogP contribution in [0.3, 0.4) is 0 Å². The van der Waals surface area contributed by atoms with E-state index in [0.29, 0.717) is 0 Å². The first-order chi connectivity index (χ1) is 7.27. The van der Waals surface area contributed by atoms with Gasteiger partial charge in [0.2, 0.25) is 0 Å². The summed E-state index contributed by atoms with van der Waals surface area (Å²) in [4.78, 5) is 0. The fourth-order valence-corrected chi connectivity index (χ4v) is 3.57. The molecule has 0 saturated heterocycles. The van der Waals surface area contributed by atoms with Gasteiger partial charge in [0, 0.05) is 0 Å². The molecule has 2 nitrogen and oxygen atoms in total. The Labute approximate surface area is 93.2 Å². The Morgan fingerprint density at radius 3 is 2.07 bits per heavy atom. The smallest absolute Gasteiger partial charge is 0.427 e. The zero-order chi connectivity index (χ0) is 10.7. The molecule has 86 valence electrons. The molecule has 2 saturated carbocycles. The Kier molecular flexibility index (Phi) is 4.09. The Bertz CT molecular complexity index is 190. The van der Waals surface area contributed by atoms with Crippen molar-refractivity contribution in [3.05, 3.63) is 0 Å². The van der Waals surface area contributed by atoms with Gasteiger partial charge in [0.05, 0.1) is 0 Å². The molecule has 2 unspecified atom stereocenters. The highest BCUT2D eigenvalue weighted by atomic mass is 16.4. The molecule has 15 heavy (non-hydrogen) atoms. The summed E-state index contributed by atoms with van der Waals surface area (Å²) in [6.45, 7) is 0. The minimum atomic E-state index is -1.07. The van der Waals surface area contributed by atoms with Crippen LogP contribution in [0.5, 0.6) is 0 Å². The molecule has 3 heteroatoms. The lowest BCUT2D eigenvalue weighted by molar-refractivity contribution is 0.185. The molecular formula is C12H23BO2. The standard InChI is InChI=1S/C12H23BO2/c14-13(15)12-8-4-7-11(9-12)10-5-2-1-3-6-10/h10-12,14-15H,1-9H2. The first kappa shape index (κ1) is 11.5. The lowest BCUT2D eigenvalue weighted by Gasteiger charge is -2.36. The second-order valence-electron chi connectivity index (χ2n) is 5.50. The van der Waals surface area contributed by atoms with Gasteiger partial charge in [-0.1, -0.05) is 51.4 Å². The van der Waals surface area contributed by atoms with E-state index in [2.05, 4.69) is 0 Å². The molecule has 2 N–H and O–H groups in total. The van der Waals surface area contributed by atoms with Gasteiger partial charge in [0.25, 0.3) is 0 Å². The van der Waals surface area contributed by atoms with Crippen molar-refractivity contribution in [3.8, 4) is 0 Å². The summed E-state index contributed by atoms with van der Waals surface area (Å²) >= 11 is 0. The van der Waals surface area contributed by atoms with Gasteiger partial charge in [-0.15, -0.1) is 0 Å². The predicted molar refractivity (Wildman–Crippen MR) is 62.5 cm³/mol. The van der Waals surface area contributed by atoms with Crippen LogP contribution in [-0.2, 0) is 0 Å². The lowest BCUT2D eigenvalue weighted by Crippen LogP contribution is -2.29. The van der Waals surface area contributed by atoms with Crippen molar-refractivity contribution in [3.63, 3.8) is 0 Å². The van der Waals surface area contributed by atoms with Crippen LogP contribution in [-0.4, -0.2) is 17.2 Å². The molecule has 2 rings (SSSR count). The molecule has 2 atom stereocenters. The van der Waals surface area contributed by atoms with E-state index >= 15 is 0 Å². The second-order valence-corrected chi connectivity index (χ2v) is 5.50. The topological polar surface area (TPSA) is 40.5 Å². The summed E-state index contributed by atoms with van der Waals surface area (Å²) in [5, 5.41) is 18.5. The van der Waals surface area contributed by atoms with Crippen molar-refractivity contribution >= 4 is 7.12 Å². The van der Waals surface area contributed by atoms with E-state index in [9.17, 15) is 10.0 Å². The van der Waals surface area contributed by atoms with Gasteiger partial charge in [0.1, 0.15) is 0 Å². The highest BCUT2D eigenvalue weighted by molar-refractivity contribution is 6.43. The van der Waals surface area contributed by atoms with Crippen molar-refractivity contribution in [1.82, 2.24) is 0 Å². The van der Waals surface area contributed by atoms with Crippen molar-refractivity contribution < 1.29 is 10.0 Å². The van der Waals surface area contributed by atoms with Gasteiger partial charge in [0.15, 0.2) is 0 Å². The monoisotopic (exact) mass is 210 g/mol. The molecule has 0 bridgehead atoms. The van der Waals surface area contributed by atoms with Crippen LogP contribution in [0, 0.1) is 11.8 Å². The first-order valence-electron chi connectivity index (χ1n) is 6.63. The van der Waals surface area contributed by atoms with Crippen LogP contribution in [0.4, 0.5) is 0 Å². The van der Waals surface area contributed by atoms with Crippen LogP contribution >= 0.6 is 0 Å². The predicted octanol–water partition coefficient (Wildman–Crippen LogP) is 2.60. The highest BCUT2D eigenvalue weighted by Crippen LogP contribution is 2.42. The fraction of sp³-hybridized carbons (Fsp3) is 1.00. The summed E-state index contributed by atoms with van der Waals surface area (Å²) in [6.07, 6.45) is 11.6. The van der Waals surface area contributed by atoms with Crippen molar-refractivity contribution in [2.24, 2.45) is 11.8 Å². The molecule has 0 aromatic heterocycles. The molecule has 0 radical (unpaired) electrons. The molecule has 0 aromatic rings. The van der Waals surface area contributed by atoms with E-state index in [-0.39, 0.29) is 5.82 Å². The van der Waals surface area contributed by atoms with E-state index in [1.165, 1.54) is 44.9 Å². The largest absolute Gasteiger partial charge is 0.454 e. The van der Waals surface area contributed by atoms with Crippen LogP contribution < -0.4 is 0 Å². The minimum absolute atomic E-state index is 0.158. The van der Waals surface area contributed by atoms with Crippen LogP contribution in [0.15, 0.2) is 0 Å². The molecular weight excluding hydrogens is 187 g/mol. The van der Waals surface area contributed by atoms with Gasteiger partial charge < -0.3 is 10.0 Å². The average Bonchev–Trinajstić information content (AvgIpc) is 2.30. The van der Waals surface area contributed by atoms with E-state index in [4.69, 9.17) is 0 Å². The molecule has 0 heterocycles. The third-order valence-electron chi connectivity index (χ3n) is 4.49. The number of hydrogen-bond acceptors (Lipinski definition) is 2. The Hall–Kier alpha value is -0.0151. The summed E-state index contributed by atoms with van der Waals surface area (Å²) < 4.78 is 0. The Morgan fingerprint density at radius 1 is 0.733 bits per heavy atom. The zero-order valence-electron chi connectivity index (χ0n) is 9.57. The number of rotatable bonds is 2. The lowest BCUT2D eigenvalue weighted by atomic mass is 9.59. The third kappa shape index (κ3) is 2.98. The van der Waals surface area contributed by atoms with E-state index in [1.807, 2.05) is 0 Å². The quantitative estimate of drug-likeness (QED) is 0.687. The molecule has 2 aliphatic rings. The normalized spacial score (nSPS) is 34.0. The van der Waals surface area contributed by atoms with Crippen molar-refractivity contribution in [2.45, 2.75) is 63.6 Å². The van der Waals surface area contributed by atoms with Gasteiger partial charge in [-0.05, 0) is 24.1 Å². The maximum Gasteiger partial charge on any atom is 0.454 e. The third-order valence-corrected chi connectivity index (χ3v) is 4.49. The summed E-state index contributed by atoms with van der Waals surface area (Å²) in [5.41, 5.74) is 0. The molecule has 0 spiro atoms. The summed E-state index contributed by atoms with van der Waals surface area (Å²) in [7, 11) is -1.07.